The van der Waals surface area contributed by atoms with Crippen molar-refractivity contribution in [2.45, 2.75) is 31.8 Å². The Morgan fingerprint density at radius 3 is 2.47 bits per heavy atom. The van der Waals surface area contributed by atoms with Crippen LogP contribution in [0.25, 0.3) is 0 Å². The average molecular weight is 634 g/mol. The van der Waals surface area contributed by atoms with Gasteiger partial charge in [0, 0.05) is 43.3 Å². The standard InChI is InChI=1S/C33H32ClN3O8/c1-15(2)14-44-18-10-8-9-17(12-18)22-23-19(35-30-25(22)31(40)37(5)32(41)36(30)4)11-16(3)33(28(23)38)29(39)24-20(42-6)13-21(43-7)26(34)27(24)45-33/h8-10,12-13,16,22,35H,1,11,14H2,2-7H3/t16-,22-,33+/m1/s1. The molecule has 6 rings (SSSR count). The number of nitrogens with zero attached hydrogens (tertiary/aromatic N) is 2. The third-order valence-corrected chi connectivity index (χ3v) is 9.11. The van der Waals surface area contributed by atoms with Crippen LogP contribution in [0.1, 0.15) is 47.7 Å². The van der Waals surface area contributed by atoms with Gasteiger partial charge in [0.05, 0.1) is 19.8 Å². The molecule has 0 amide bonds. The van der Waals surface area contributed by atoms with Gasteiger partial charge in [0.25, 0.3) is 5.56 Å². The molecule has 0 bridgehead atoms. The number of fused-ring (bicyclic) bond motifs is 2. The van der Waals surface area contributed by atoms with Gasteiger partial charge in [-0.2, -0.15) is 0 Å². The highest BCUT2D eigenvalue weighted by atomic mass is 35.5. The Balaban J connectivity index is 1.59. The van der Waals surface area contributed by atoms with Crippen molar-refractivity contribution in [3.8, 4) is 23.0 Å². The second-order valence-electron chi connectivity index (χ2n) is 11.6. The quantitative estimate of drug-likeness (QED) is 0.315. The predicted molar refractivity (Wildman–Crippen MR) is 167 cm³/mol. The summed E-state index contributed by atoms with van der Waals surface area (Å²) in [6, 6.07) is 8.51. The topological polar surface area (TPSA) is 127 Å². The zero-order chi connectivity index (χ0) is 32.5. The molecule has 0 saturated carbocycles. The summed E-state index contributed by atoms with van der Waals surface area (Å²) >= 11 is 6.63. The minimum atomic E-state index is -2.00. The molecule has 0 unspecified atom stereocenters. The number of allylic oxidation sites excluding steroid dienone is 1. The molecule has 3 aromatic rings. The van der Waals surface area contributed by atoms with Crippen molar-refractivity contribution in [1.29, 1.82) is 0 Å². The average Bonchev–Trinajstić information content (AvgIpc) is 3.34. The van der Waals surface area contributed by atoms with Gasteiger partial charge < -0.3 is 24.3 Å². The Morgan fingerprint density at radius 2 is 1.80 bits per heavy atom. The van der Waals surface area contributed by atoms with Gasteiger partial charge in [-0.15, -0.1) is 0 Å². The smallest absolute Gasteiger partial charge is 0.332 e. The van der Waals surface area contributed by atoms with Crippen molar-refractivity contribution in [2.75, 3.05) is 26.1 Å². The number of halogens is 1. The summed E-state index contributed by atoms with van der Waals surface area (Å²) in [6.45, 7) is 7.73. The Hall–Kier alpha value is -4.77. The fourth-order valence-electron chi connectivity index (χ4n) is 6.51. The SMILES string of the molecule is C=C(C)COc1cccc([C@@H]2C3=C(C[C@@H](C)[C@]4(Oc5c(Cl)c(OC)cc(OC)c5C4=O)C3=O)Nc3c2c(=O)n(C)c(=O)n3C)c1. The normalized spacial score (nSPS) is 21.5. The Kier molecular flexibility index (Phi) is 7.19. The van der Waals surface area contributed by atoms with Crippen LogP contribution in [0.15, 0.2) is 63.3 Å². The minimum absolute atomic E-state index is 0.00339. The molecule has 3 heterocycles. The molecule has 1 aliphatic carbocycles. The van der Waals surface area contributed by atoms with Crippen molar-refractivity contribution < 1.29 is 28.5 Å². The molecule has 234 valence electrons. The number of Topliss-reactive ketones (excluding diaryl/α,β-unsaturated/α-hetero) is 2. The number of rotatable bonds is 6. The van der Waals surface area contributed by atoms with Gasteiger partial charge in [0.15, 0.2) is 5.75 Å². The van der Waals surface area contributed by atoms with Gasteiger partial charge in [-0.05, 0) is 36.6 Å². The predicted octanol–water partition coefficient (Wildman–Crippen LogP) is 4.14. The molecule has 12 heteroatoms. The molecule has 3 atom stereocenters. The second kappa shape index (κ2) is 10.7. The van der Waals surface area contributed by atoms with Crippen molar-refractivity contribution >= 4 is 29.0 Å². The van der Waals surface area contributed by atoms with E-state index in [-0.39, 0.29) is 57.8 Å². The zero-order valence-corrected chi connectivity index (χ0v) is 26.5. The number of carbonyl (C=O) groups excluding carboxylic acids is 2. The van der Waals surface area contributed by atoms with Crippen LogP contribution in [-0.2, 0) is 18.9 Å². The maximum absolute atomic E-state index is 15.0. The van der Waals surface area contributed by atoms with Gasteiger partial charge in [-0.3, -0.25) is 23.5 Å². The van der Waals surface area contributed by atoms with Crippen LogP contribution >= 0.6 is 11.6 Å². The van der Waals surface area contributed by atoms with E-state index in [1.165, 1.54) is 31.9 Å². The molecule has 1 spiro atoms. The van der Waals surface area contributed by atoms with Crippen LogP contribution in [0.5, 0.6) is 23.0 Å². The Labute approximate surface area is 263 Å². The van der Waals surface area contributed by atoms with E-state index >= 15 is 4.79 Å². The molecule has 11 nitrogen and oxygen atoms in total. The van der Waals surface area contributed by atoms with Gasteiger partial charge in [0.1, 0.15) is 40.3 Å². The first-order valence-electron chi connectivity index (χ1n) is 14.3. The molecule has 1 aromatic heterocycles. The highest BCUT2D eigenvalue weighted by Gasteiger charge is 2.63. The van der Waals surface area contributed by atoms with E-state index in [4.69, 9.17) is 30.5 Å². The second-order valence-corrected chi connectivity index (χ2v) is 12.0. The lowest BCUT2D eigenvalue weighted by molar-refractivity contribution is -0.130. The number of methoxy groups -OCH3 is 2. The molecule has 2 aromatic carbocycles. The van der Waals surface area contributed by atoms with Gasteiger partial charge in [-0.1, -0.05) is 37.2 Å². The highest BCUT2D eigenvalue weighted by Crippen LogP contribution is 2.56. The number of nitrogens with one attached hydrogen (secondary N) is 1. The summed E-state index contributed by atoms with van der Waals surface area (Å²) in [5.41, 5.74) is -0.869. The summed E-state index contributed by atoms with van der Waals surface area (Å²) < 4.78 is 25.5. The lowest BCUT2D eigenvalue weighted by atomic mass is 9.66. The first-order chi connectivity index (χ1) is 21.4. The number of benzene rings is 2. The summed E-state index contributed by atoms with van der Waals surface area (Å²) in [4.78, 5) is 56.3. The number of aromatic nitrogens is 2. The van der Waals surface area contributed by atoms with Gasteiger partial charge >= 0.3 is 5.69 Å². The fraction of sp³-hybridized carbons (Fsp3) is 0.333. The first kappa shape index (κ1) is 30.3. The molecule has 1 N–H and O–H groups in total. The summed E-state index contributed by atoms with van der Waals surface area (Å²) in [7, 11) is 5.75. The Morgan fingerprint density at radius 1 is 1.09 bits per heavy atom. The monoisotopic (exact) mass is 633 g/mol. The lowest BCUT2D eigenvalue weighted by Crippen LogP contribution is -2.58. The number of ketones is 2. The molecule has 0 radical (unpaired) electrons. The van der Waals surface area contributed by atoms with Crippen LogP contribution in [0.3, 0.4) is 0 Å². The number of ether oxygens (including phenoxy) is 4. The van der Waals surface area contributed by atoms with Crippen LogP contribution in [-0.4, -0.2) is 47.1 Å². The van der Waals surface area contributed by atoms with Crippen molar-refractivity contribution in [3.05, 3.63) is 96.3 Å². The molecule has 0 fully saturated rings. The lowest BCUT2D eigenvalue weighted by Gasteiger charge is -2.42. The third kappa shape index (κ3) is 4.24. The highest BCUT2D eigenvalue weighted by molar-refractivity contribution is 6.36. The van der Waals surface area contributed by atoms with E-state index in [0.717, 1.165) is 10.1 Å². The maximum atomic E-state index is 15.0. The zero-order valence-electron chi connectivity index (χ0n) is 25.7. The van der Waals surface area contributed by atoms with E-state index < -0.39 is 40.3 Å². The molecule has 45 heavy (non-hydrogen) atoms. The maximum Gasteiger partial charge on any atom is 0.332 e. The van der Waals surface area contributed by atoms with E-state index in [2.05, 4.69) is 11.9 Å². The van der Waals surface area contributed by atoms with Crippen LogP contribution < -0.4 is 35.5 Å². The van der Waals surface area contributed by atoms with E-state index in [9.17, 15) is 14.4 Å². The number of hydrogen-bond donors (Lipinski definition) is 1. The number of anilines is 1. The molecule has 2 aliphatic heterocycles. The summed E-state index contributed by atoms with van der Waals surface area (Å²) in [6.07, 6.45) is 0.184. The number of carbonyl (C=O) groups is 2. The van der Waals surface area contributed by atoms with E-state index in [1.54, 1.807) is 38.2 Å². The molecule has 0 saturated heterocycles. The van der Waals surface area contributed by atoms with E-state index in [1.807, 2.05) is 6.92 Å². The third-order valence-electron chi connectivity index (χ3n) is 8.75. The van der Waals surface area contributed by atoms with Crippen LogP contribution in [0, 0.1) is 5.92 Å². The fourth-order valence-corrected chi connectivity index (χ4v) is 6.78. The van der Waals surface area contributed by atoms with Gasteiger partial charge in [-0.25, -0.2) is 4.79 Å². The van der Waals surface area contributed by atoms with Crippen molar-refractivity contribution in [3.63, 3.8) is 0 Å². The van der Waals surface area contributed by atoms with Gasteiger partial charge in [0.2, 0.25) is 17.2 Å². The summed E-state index contributed by atoms with van der Waals surface area (Å²) in [5.74, 6) is -1.74. The molecule has 3 aliphatic rings. The van der Waals surface area contributed by atoms with Crippen molar-refractivity contribution in [1.82, 2.24) is 9.13 Å². The van der Waals surface area contributed by atoms with E-state index in [0.29, 0.717) is 17.0 Å². The minimum Gasteiger partial charge on any atom is -0.496 e. The number of hydrogen-bond acceptors (Lipinski definition) is 9. The molecular weight excluding hydrogens is 602 g/mol. The van der Waals surface area contributed by atoms with Crippen LogP contribution in [0.4, 0.5) is 5.82 Å². The van der Waals surface area contributed by atoms with Crippen molar-refractivity contribution in [2.24, 2.45) is 20.0 Å². The Bertz CT molecular complexity index is 1990. The largest absolute Gasteiger partial charge is 0.496 e. The molecular formula is C33H32ClN3O8. The first-order valence-corrected chi connectivity index (χ1v) is 14.6. The summed E-state index contributed by atoms with van der Waals surface area (Å²) in [5, 5.41) is 3.25. The van der Waals surface area contributed by atoms with Crippen LogP contribution in [0.2, 0.25) is 5.02 Å².